The van der Waals surface area contributed by atoms with Crippen LogP contribution in [0.3, 0.4) is 0 Å². The zero-order chi connectivity index (χ0) is 19.3. The van der Waals surface area contributed by atoms with Crippen molar-refractivity contribution in [3.63, 3.8) is 0 Å². The molecule has 0 amide bonds. The van der Waals surface area contributed by atoms with Crippen molar-refractivity contribution in [2.75, 3.05) is 0 Å². The van der Waals surface area contributed by atoms with Crippen LogP contribution in [0.5, 0.6) is 0 Å². The quantitative estimate of drug-likeness (QED) is 0.637. The van der Waals surface area contributed by atoms with E-state index in [-0.39, 0.29) is 5.97 Å². The summed E-state index contributed by atoms with van der Waals surface area (Å²) in [6.45, 7) is 5.56. The van der Waals surface area contributed by atoms with E-state index in [4.69, 9.17) is 22.1 Å². The van der Waals surface area contributed by atoms with E-state index in [2.05, 4.69) is 20.9 Å². The van der Waals surface area contributed by atoms with Gasteiger partial charge in [-0.25, -0.2) is 0 Å². The summed E-state index contributed by atoms with van der Waals surface area (Å²) in [6.07, 6.45) is 2.76. The highest BCUT2D eigenvalue weighted by Crippen LogP contribution is 2.28. The number of esters is 1. The molecule has 2 N–H and O–H groups in total. The number of nitrogens with two attached hydrogens (primary N) is 1. The van der Waals surface area contributed by atoms with E-state index in [1.165, 1.54) is 0 Å². The lowest BCUT2D eigenvalue weighted by Crippen LogP contribution is -2.35. The molecule has 0 saturated heterocycles. The van der Waals surface area contributed by atoms with Crippen molar-refractivity contribution in [1.29, 1.82) is 0 Å². The Morgan fingerprint density at radius 1 is 1.31 bits per heavy atom. The van der Waals surface area contributed by atoms with Crippen molar-refractivity contribution < 1.29 is 9.53 Å². The molecule has 0 saturated carbocycles. The van der Waals surface area contributed by atoms with Crippen molar-refractivity contribution in [1.82, 2.24) is 4.98 Å². The molecule has 1 aromatic carbocycles. The van der Waals surface area contributed by atoms with Crippen molar-refractivity contribution >= 4 is 33.5 Å². The van der Waals surface area contributed by atoms with Gasteiger partial charge in [0.05, 0.1) is 10.9 Å². The van der Waals surface area contributed by atoms with Crippen LogP contribution in [0.25, 0.3) is 0 Å². The fraction of sp³-hybridized carbons (Fsp3) is 0.400. The molecule has 26 heavy (non-hydrogen) atoms. The number of pyridine rings is 1. The lowest BCUT2D eigenvalue weighted by molar-refractivity contribution is -0.161. The molecule has 4 nitrogen and oxygen atoms in total. The smallest absolute Gasteiger partial charge is 0.311 e. The number of nitrogens with zero attached hydrogens (tertiary/aromatic N) is 1. The van der Waals surface area contributed by atoms with Gasteiger partial charge in [0.25, 0.3) is 0 Å². The molecule has 0 radical (unpaired) electrons. The van der Waals surface area contributed by atoms with Crippen LogP contribution in [0, 0.1) is 5.92 Å². The first-order valence-corrected chi connectivity index (χ1v) is 9.67. The highest BCUT2D eigenvalue weighted by molar-refractivity contribution is 9.10. The van der Waals surface area contributed by atoms with Crippen LogP contribution in [0.1, 0.15) is 44.5 Å². The zero-order valence-corrected chi connectivity index (χ0v) is 17.5. The first-order valence-electron chi connectivity index (χ1n) is 8.50. The summed E-state index contributed by atoms with van der Waals surface area (Å²) in [6, 6.07) is 10.9. The van der Waals surface area contributed by atoms with E-state index < -0.39 is 17.6 Å². The largest absolute Gasteiger partial charge is 0.460 e. The fourth-order valence-corrected chi connectivity index (χ4v) is 3.15. The second-order valence-corrected chi connectivity index (χ2v) is 8.58. The first-order chi connectivity index (χ1) is 12.2. The molecule has 1 aromatic heterocycles. The van der Waals surface area contributed by atoms with E-state index in [1.807, 2.05) is 51.1 Å². The molecule has 0 aliphatic rings. The number of carbonyl (C=O) groups is 1. The van der Waals surface area contributed by atoms with Gasteiger partial charge in [-0.3, -0.25) is 9.78 Å². The predicted octanol–water partition coefficient (Wildman–Crippen LogP) is 5.09. The van der Waals surface area contributed by atoms with Crippen molar-refractivity contribution in [3.05, 3.63) is 63.3 Å². The lowest BCUT2D eigenvalue weighted by Gasteiger charge is -2.27. The van der Waals surface area contributed by atoms with E-state index in [9.17, 15) is 4.79 Å². The summed E-state index contributed by atoms with van der Waals surface area (Å²) in [4.78, 5) is 17.1. The molecular weight excluding hydrogens is 416 g/mol. The normalized spacial score (nSPS) is 13.9. The monoisotopic (exact) mass is 438 g/mol. The molecule has 0 fully saturated rings. The molecule has 140 valence electrons. The fourth-order valence-electron chi connectivity index (χ4n) is 2.63. The van der Waals surface area contributed by atoms with E-state index in [0.29, 0.717) is 17.9 Å². The van der Waals surface area contributed by atoms with Gasteiger partial charge < -0.3 is 10.5 Å². The Bertz CT molecular complexity index is 744. The van der Waals surface area contributed by atoms with Crippen LogP contribution in [0.2, 0.25) is 5.02 Å². The van der Waals surface area contributed by atoms with Crippen molar-refractivity contribution in [2.24, 2.45) is 11.7 Å². The third-order valence-corrected chi connectivity index (χ3v) is 4.59. The summed E-state index contributed by atoms with van der Waals surface area (Å²) in [5.74, 6) is -0.764. The van der Waals surface area contributed by atoms with Gasteiger partial charge >= 0.3 is 5.97 Å². The molecule has 2 atom stereocenters. The van der Waals surface area contributed by atoms with Gasteiger partial charge in [-0.2, -0.15) is 0 Å². The average molecular weight is 440 g/mol. The molecule has 2 rings (SSSR count). The molecule has 0 spiro atoms. The second kappa shape index (κ2) is 8.98. The number of hydrogen-bond acceptors (Lipinski definition) is 4. The predicted molar refractivity (Wildman–Crippen MR) is 108 cm³/mol. The highest BCUT2D eigenvalue weighted by Gasteiger charge is 2.31. The SMILES string of the molecule is CC(C)(C)OC(=O)C(CCc1ccc(Cl)cn1)C(N)c1cccc(Br)c1. The number of rotatable bonds is 6. The van der Waals surface area contributed by atoms with Gasteiger partial charge in [0, 0.05) is 22.4 Å². The number of benzene rings is 1. The Kier molecular flexibility index (Phi) is 7.21. The number of carbonyl (C=O) groups excluding carboxylic acids is 1. The van der Waals surface area contributed by atoms with Crippen molar-refractivity contribution in [3.8, 4) is 0 Å². The number of aryl methyl sites for hydroxylation is 1. The minimum Gasteiger partial charge on any atom is -0.460 e. The molecule has 6 heteroatoms. The Hall–Kier alpha value is -1.43. The van der Waals surface area contributed by atoms with Gasteiger partial charge in [-0.1, -0.05) is 39.7 Å². The van der Waals surface area contributed by atoms with Crippen LogP contribution in [0.4, 0.5) is 0 Å². The minimum absolute atomic E-state index is 0.293. The third-order valence-electron chi connectivity index (χ3n) is 3.88. The Morgan fingerprint density at radius 2 is 2.04 bits per heavy atom. The van der Waals surface area contributed by atoms with Gasteiger partial charge in [0.1, 0.15) is 5.60 Å². The van der Waals surface area contributed by atoms with Crippen LogP contribution >= 0.6 is 27.5 Å². The Morgan fingerprint density at radius 3 is 2.62 bits per heavy atom. The average Bonchev–Trinajstić information content (AvgIpc) is 2.55. The van der Waals surface area contributed by atoms with Gasteiger partial charge in [0.2, 0.25) is 0 Å². The maximum absolute atomic E-state index is 12.8. The molecule has 0 aliphatic heterocycles. The summed E-state index contributed by atoms with van der Waals surface area (Å²) < 4.78 is 6.53. The van der Waals surface area contributed by atoms with Gasteiger partial charge in [-0.15, -0.1) is 0 Å². The molecule has 0 aliphatic carbocycles. The maximum atomic E-state index is 12.8. The summed E-state index contributed by atoms with van der Waals surface area (Å²) >= 11 is 9.34. The zero-order valence-electron chi connectivity index (χ0n) is 15.2. The van der Waals surface area contributed by atoms with E-state index in [1.54, 1.807) is 12.3 Å². The number of ether oxygens (including phenoxy) is 1. The van der Waals surface area contributed by atoms with E-state index in [0.717, 1.165) is 15.7 Å². The van der Waals surface area contributed by atoms with Crippen LogP contribution in [0.15, 0.2) is 47.1 Å². The maximum Gasteiger partial charge on any atom is 0.311 e. The molecular formula is C20H24BrClN2O2. The summed E-state index contributed by atoms with van der Waals surface area (Å²) in [5.41, 5.74) is 7.64. The second-order valence-electron chi connectivity index (χ2n) is 7.23. The molecule has 2 unspecified atom stereocenters. The number of aromatic nitrogens is 1. The van der Waals surface area contributed by atoms with E-state index >= 15 is 0 Å². The van der Waals surface area contributed by atoms with Crippen LogP contribution < -0.4 is 5.73 Å². The highest BCUT2D eigenvalue weighted by atomic mass is 79.9. The number of halogens is 2. The summed E-state index contributed by atoms with van der Waals surface area (Å²) in [5, 5.41) is 0.586. The minimum atomic E-state index is -0.565. The third kappa shape index (κ3) is 6.38. The van der Waals surface area contributed by atoms with Gasteiger partial charge in [-0.05, 0) is 63.4 Å². The van der Waals surface area contributed by atoms with Crippen LogP contribution in [-0.4, -0.2) is 16.6 Å². The van der Waals surface area contributed by atoms with Gasteiger partial charge in [0.15, 0.2) is 0 Å². The topological polar surface area (TPSA) is 65.2 Å². The molecule has 2 aromatic rings. The van der Waals surface area contributed by atoms with Crippen LogP contribution in [-0.2, 0) is 16.0 Å². The molecule has 1 heterocycles. The standard InChI is InChI=1S/C20H24BrClN2O2/c1-20(2,3)26-19(25)17(10-9-16-8-7-15(22)12-24-16)18(23)13-5-4-6-14(21)11-13/h4-8,11-12,17-18H,9-10,23H2,1-3H3. The van der Waals surface area contributed by atoms with Crippen molar-refractivity contribution in [2.45, 2.75) is 45.3 Å². The molecule has 0 bridgehead atoms. The lowest BCUT2D eigenvalue weighted by atomic mass is 9.89. The Labute approximate surface area is 168 Å². The Balaban J connectivity index is 2.20. The first kappa shape index (κ1) is 20.9. The number of hydrogen-bond donors (Lipinski definition) is 1. The summed E-state index contributed by atoms with van der Waals surface area (Å²) in [7, 11) is 0.